The molecule has 6 nitrogen and oxygen atoms in total. The van der Waals surface area contributed by atoms with Gasteiger partial charge >= 0.3 is 0 Å². The van der Waals surface area contributed by atoms with Gasteiger partial charge in [0.25, 0.3) is 0 Å². The van der Waals surface area contributed by atoms with Crippen molar-refractivity contribution >= 4 is 43.3 Å². The SMILES string of the molecule is Cc1ccc(NC(=O)CC(=O)NC2CCS(=O)(=O)C2)cc1Br. The van der Waals surface area contributed by atoms with E-state index in [-0.39, 0.29) is 24.0 Å². The summed E-state index contributed by atoms with van der Waals surface area (Å²) in [6.45, 7) is 1.93. The van der Waals surface area contributed by atoms with Crippen LogP contribution in [0.2, 0.25) is 0 Å². The molecule has 2 amide bonds. The molecule has 1 aliphatic heterocycles. The first kappa shape index (κ1) is 17.0. The lowest BCUT2D eigenvalue weighted by atomic mass is 10.2. The van der Waals surface area contributed by atoms with Gasteiger partial charge in [-0.2, -0.15) is 0 Å². The molecule has 1 atom stereocenters. The molecule has 0 aromatic heterocycles. The zero-order chi connectivity index (χ0) is 16.3. The van der Waals surface area contributed by atoms with E-state index in [0.29, 0.717) is 12.1 Å². The molecule has 2 N–H and O–H groups in total. The molecule has 1 fully saturated rings. The van der Waals surface area contributed by atoms with Crippen LogP contribution in [0.5, 0.6) is 0 Å². The number of aryl methyl sites for hydroxylation is 1. The smallest absolute Gasteiger partial charge is 0.233 e. The van der Waals surface area contributed by atoms with E-state index < -0.39 is 21.7 Å². The van der Waals surface area contributed by atoms with Crippen LogP contribution in [0.3, 0.4) is 0 Å². The Balaban J connectivity index is 1.84. The number of anilines is 1. The molecule has 1 heterocycles. The van der Waals surface area contributed by atoms with E-state index in [1.165, 1.54) is 0 Å². The predicted molar refractivity (Wildman–Crippen MR) is 87.3 cm³/mol. The Labute approximate surface area is 137 Å². The van der Waals surface area contributed by atoms with Gasteiger partial charge in [0, 0.05) is 16.2 Å². The fourth-order valence-electron chi connectivity index (χ4n) is 2.21. The third-order valence-corrected chi connectivity index (χ3v) is 6.00. The molecule has 1 unspecified atom stereocenters. The summed E-state index contributed by atoms with van der Waals surface area (Å²) in [7, 11) is -3.05. The van der Waals surface area contributed by atoms with Crippen LogP contribution in [-0.4, -0.2) is 37.8 Å². The second-order valence-electron chi connectivity index (χ2n) is 5.36. The second kappa shape index (κ2) is 6.78. The topological polar surface area (TPSA) is 92.3 Å². The van der Waals surface area contributed by atoms with Gasteiger partial charge in [-0.25, -0.2) is 8.42 Å². The van der Waals surface area contributed by atoms with Gasteiger partial charge in [-0.1, -0.05) is 22.0 Å². The number of carbonyl (C=O) groups excluding carboxylic acids is 2. The summed E-state index contributed by atoms with van der Waals surface area (Å²) < 4.78 is 23.5. The quantitative estimate of drug-likeness (QED) is 0.762. The highest BCUT2D eigenvalue weighted by molar-refractivity contribution is 9.10. The Morgan fingerprint density at radius 1 is 1.32 bits per heavy atom. The minimum absolute atomic E-state index is 0.0503. The molecule has 0 saturated carbocycles. The van der Waals surface area contributed by atoms with Crippen molar-refractivity contribution in [2.45, 2.75) is 25.8 Å². The van der Waals surface area contributed by atoms with Crippen molar-refractivity contribution in [1.82, 2.24) is 5.32 Å². The molecule has 1 aliphatic rings. The monoisotopic (exact) mass is 388 g/mol. The van der Waals surface area contributed by atoms with Gasteiger partial charge in [-0.15, -0.1) is 0 Å². The molecule has 22 heavy (non-hydrogen) atoms. The predicted octanol–water partition coefficient (Wildman–Crippen LogP) is 1.39. The molecule has 0 bridgehead atoms. The summed E-state index contributed by atoms with van der Waals surface area (Å²) in [6.07, 6.45) is 0.0721. The summed E-state index contributed by atoms with van der Waals surface area (Å²) in [6, 6.07) is 4.97. The van der Waals surface area contributed by atoms with Crippen molar-refractivity contribution in [3.63, 3.8) is 0 Å². The average Bonchev–Trinajstić information content (AvgIpc) is 2.72. The Morgan fingerprint density at radius 2 is 2.05 bits per heavy atom. The van der Waals surface area contributed by atoms with E-state index in [1.54, 1.807) is 12.1 Å². The van der Waals surface area contributed by atoms with Crippen LogP contribution >= 0.6 is 15.9 Å². The largest absolute Gasteiger partial charge is 0.352 e. The molecule has 1 aromatic rings. The third kappa shape index (κ3) is 4.81. The van der Waals surface area contributed by atoms with Crippen molar-refractivity contribution in [3.8, 4) is 0 Å². The van der Waals surface area contributed by atoms with Crippen LogP contribution in [0.15, 0.2) is 22.7 Å². The number of hydrogen-bond donors (Lipinski definition) is 2. The van der Waals surface area contributed by atoms with Gasteiger partial charge in [-0.05, 0) is 31.0 Å². The molecule has 120 valence electrons. The molecule has 0 radical (unpaired) electrons. The normalized spacial score (nSPS) is 19.6. The summed E-state index contributed by atoms with van der Waals surface area (Å²) >= 11 is 3.37. The lowest BCUT2D eigenvalue weighted by Gasteiger charge is -2.11. The first-order valence-electron chi connectivity index (χ1n) is 6.81. The molecular weight excluding hydrogens is 372 g/mol. The maximum atomic E-state index is 11.8. The summed E-state index contributed by atoms with van der Waals surface area (Å²) in [5.74, 6) is -0.868. The Hall–Kier alpha value is -1.41. The number of halogens is 1. The number of nitrogens with one attached hydrogen (secondary N) is 2. The van der Waals surface area contributed by atoms with E-state index in [9.17, 15) is 18.0 Å². The molecule has 2 rings (SSSR count). The number of hydrogen-bond acceptors (Lipinski definition) is 4. The van der Waals surface area contributed by atoms with Gasteiger partial charge < -0.3 is 10.6 Å². The summed E-state index contributed by atoms with van der Waals surface area (Å²) in [4.78, 5) is 23.6. The van der Waals surface area contributed by atoms with E-state index >= 15 is 0 Å². The Bertz CT molecular complexity index is 703. The van der Waals surface area contributed by atoms with Crippen LogP contribution in [0, 0.1) is 6.92 Å². The third-order valence-electron chi connectivity index (χ3n) is 3.37. The van der Waals surface area contributed by atoms with Gasteiger partial charge in [0.05, 0.1) is 11.5 Å². The fourth-order valence-corrected chi connectivity index (χ4v) is 4.26. The van der Waals surface area contributed by atoms with E-state index in [0.717, 1.165) is 10.0 Å². The van der Waals surface area contributed by atoms with E-state index in [1.807, 2.05) is 13.0 Å². The molecule has 0 spiro atoms. The highest BCUT2D eigenvalue weighted by Crippen LogP contribution is 2.20. The minimum atomic E-state index is -3.05. The van der Waals surface area contributed by atoms with Crippen LogP contribution < -0.4 is 10.6 Å². The average molecular weight is 389 g/mol. The molecular formula is C14H17BrN2O4S. The number of amides is 2. The van der Waals surface area contributed by atoms with Crippen molar-refractivity contribution in [3.05, 3.63) is 28.2 Å². The number of sulfone groups is 1. The highest BCUT2D eigenvalue weighted by atomic mass is 79.9. The number of rotatable bonds is 4. The van der Waals surface area contributed by atoms with Gasteiger partial charge in [0.2, 0.25) is 11.8 Å². The highest BCUT2D eigenvalue weighted by Gasteiger charge is 2.29. The van der Waals surface area contributed by atoms with Crippen molar-refractivity contribution in [2.75, 3.05) is 16.8 Å². The second-order valence-corrected chi connectivity index (χ2v) is 8.44. The lowest BCUT2D eigenvalue weighted by molar-refractivity contribution is -0.127. The van der Waals surface area contributed by atoms with Crippen molar-refractivity contribution in [1.29, 1.82) is 0 Å². The molecule has 0 aliphatic carbocycles. The number of benzene rings is 1. The van der Waals surface area contributed by atoms with E-state index in [4.69, 9.17) is 0 Å². The molecule has 8 heteroatoms. The van der Waals surface area contributed by atoms with Crippen LogP contribution in [-0.2, 0) is 19.4 Å². The van der Waals surface area contributed by atoms with E-state index in [2.05, 4.69) is 26.6 Å². The fraction of sp³-hybridized carbons (Fsp3) is 0.429. The van der Waals surface area contributed by atoms with Crippen molar-refractivity contribution < 1.29 is 18.0 Å². The zero-order valence-corrected chi connectivity index (χ0v) is 14.5. The zero-order valence-electron chi connectivity index (χ0n) is 12.1. The van der Waals surface area contributed by atoms with Gasteiger partial charge in [-0.3, -0.25) is 9.59 Å². The first-order chi connectivity index (χ1) is 10.2. The van der Waals surface area contributed by atoms with Crippen LogP contribution in [0.1, 0.15) is 18.4 Å². The minimum Gasteiger partial charge on any atom is -0.352 e. The van der Waals surface area contributed by atoms with Crippen molar-refractivity contribution in [2.24, 2.45) is 0 Å². The number of carbonyl (C=O) groups is 2. The molecule has 1 saturated heterocycles. The van der Waals surface area contributed by atoms with Gasteiger partial charge in [0.15, 0.2) is 9.84 Å². The Kier molecular flexibility index (Phi) is 5.23. The summed E-state index contributed by atoms with van der Waals surface area (Å²) in [5.41, 5.74) is 1.64. The summed E-state index contributed by atoms with van der Waals surface area (Å²) in [5, 5.41) is 5.22. The van der Waals surface area contributed by atoms with Crippen LogP contribution in [0.25, 0.3) is 0 Å². The standard InChI is InChI=1S/C14H17BrN2O4S/c1-9-2-3-10(6-12(9)15)16-13(18)7-14(19)17-11-4-5-22(20,21)8-11/h2-3,6,11H,4-5,7-8H2,1H3,(H,16,18)(H,17,19). The first-order valence-corrected chi connectivity index (χ1v) is 9.42. The maximum Gasteiger partial charge on any atom is 0.233 e. The Morgan fingerprint density at radius 3 is 2.64 bits per heavy atom. The molecule has 1 aromatic carbocycles. The van der Waals surface area contributed by atoms with Gasteiger partial charge in [0.1, 0.15) is 6.42 Å². The maximum absolute atomic E-state index is 11.8. The lowest BCUT2D eigenvalue weighted by Crippen LogP contribution is -2.37. The van der Waals surface area contributed by atoms with Crippen LogP contribution in [0.4, 0.5) is 5.69 Å².